The Bertz CT molecular complexity index is 2350. The number of furan rings is 1. The van der Waals surface area contributed by atoms with Gasteiger partial charge in [0.25, 0.3) is 0 Å². The third-order valence-corrected chi connectivity index (χ3v) is 13.3. The smallest absolute Gasteiger partial charge is 0.219 e. The molecule has 0 unspecified atom stereocenters. The number of benzene rings is 2. The molecule has 0 aliphatic carbocycles. The number of thiophene rings is 1. The van der Waals surface area contributed by atoms with E-state index in [2.05, 4.69) is 89.8 Å². The fourth-order valence-electron chi connectivity index (χ4n) is 7.13. The quantitative estimate of drug-likeness (QED) is 0.0795. The summed E-state index contributed by atoms with van der Waals surface area (Å²) in [6, 6.07) is 17.0. The van der Waals surface area contributed by atoms with Crippen molar-refractivity contribution in [1.82, 2.24) is 9.97 Å². The molecule has 56 heavy (non-hydrogen) atoms. The van der Waals surface area contributed by atoms with Gasteiger partial charge in [-0.15, -0.1) is 34.9 Å². The van der Waals surface area contributed by atoms with Crippen molar-refractivity contribution in [2.75, 3.05) is 0 Å². The van der Waals surface area contributed by atoms with Gasteiger partial charge in [0.05, 0.1) is 6.26 Å². The van der Waals surface area contributed by atoms with E-state index in [4.69, 9.17) is 9.40 Å². The van der Waals surface area contributed by atoms with Gasteiger partial charge in [0.2, 0.25) is 5.71 Å². The van der Waals surface area contributed by atoms with Crippen molar-refractivity contribution >= 4 is 49.1 Å². The van der Waals surface area contributed by atoms with Crippen LogP contribution in [0.1, 0.15) is 123 Å². The number of aliphatic hydroxyl groups excluding tert-OH is 1. The second-order valence-corrected chi connectivity index (χ2v) is 18.4. The van der Waals surface area contributed by atoms with Gasteiger partial charge in [-0.1, -0.05) is 111 Å². The van der Waals surface area contributed by atoms with Crippen LogP contribution in [-0.4, -0.2) is 20.9 Å². The van der Waals surface area contributed by atoms with Gasteiger partial charge in [-0.05, 0) is 97.2 Å². The van der Waals surface area contributed by atoms with Gasteiger partial charge in [-0.25, -0.2) is 0 Å². The normalized spacial score (nSPS) is 12.6. The molecule has 0 saturated heterocycles. The Labute approximate surface area is 352 Å². The van der Waals surface area contributed by atoms with E-state index < -0.39 is 0 Å². The van der Waals surface area contributed by atoms with Gasteiger partial charge in [-0.3, -0.25) is 14.8 Å². The summed E-state index contributed by atoms with van der Waals surface area (Å²) in [6.07, 6.45) is 11.5. The number of pyridine rings is 2. The van der Waals surface area contributed by atoms with Crippen molar-refractivity contribution in [3.05, 3.63) is 94.5 Å². The predicted molar refractivity (Wildman–Crippen MR) is 234 cm³/mol. The van der Waals surface area contributed by atoms with Crippen molar-refractivity contribution < 1.29 is 34.4 Å². The first-order valence-electron chi connectivity index (χ1n) is 20.1. The second kappa shape index (κ2) is 17.9. The molecule has 1 N–H and O–H groups in total. The van der Waals surface area contributed by atoms with Crippen molar-refractivity contribution in [3.63, 3.8) is 0 Å². The topological polar surface area (TPSA) is 76.2 Å². The van der Waals surface area contributed by atoms with Crippen LogP contribution in [0.5, 0.6) is 0 Å². The SMILES string of the molecule is CCC(C)(CC)C(=O)/C=C(\O)C(C)(CC)CC.Cc1c(CC(C)C)sc2cc(-c3cc(-c4[c-]c5ccncc5c(C(C)(C)C)c4)nc4occ(C)c34)ccc12.[Ir]. The largest absolute Gasteiger partial charge is 0.512 e. The molecule has 0 saturated carbocycles. The van der Waals surface area contributed by atoms with Crippen LogP contribution < -0.4 is 0 Å². The molecule has 0 atom stereocenters. The molecule has 301 valence electrons. The number of nitrogens with zero attached hydrogens (tertiary/aromatic N) is 2. The zero-order chi connectivity index (χ0) is 40.5. The molecule has 6 rings (SSSR count). The molecular formula is C49H61IrN2O3S-. The predicted octanol–water partition coefficient (Wildman–Crippen LogP) is 14.5. The number of allylic oxidation sites excluding steroid dienone is 2. The summed E-state index contributed by atoms with van der Waals surface area (Å²) < 4.78 is 7.32. The molecule has 6 aromatic rings. The van der Waals surface area contributed by atoms with Gasteiger partial charge in [0, 0.05) is 63.9 Å². The average Bonchev–Trinajstić information content (AvgIpc) is 3.70. The average molecular weight is 950 g/mol. The van der Waals surface area contributed by atoms with E-state index in [1.54, 1.807) is 0 Å². The Morgan fingerprint density at radius 2 is 1.59 bits per heavy atom. The van der Waals surface area contributed by atoms with E-state index >= 15 is 0 Å². The van der Waals surface area contributed by atoms with Crippen LogP contribution in [0.15, 0.2) is 71.3 Å². The third-order valence-electron chi connectivity index (χ3n) is 12.0. The number of ketones is 1. The van der Waals surface area contributed by atoms with Gasteiger partial charge < -0.3 is 9.52 Å². The fraction of sp³-hybridized carbons (Fsp3) is 0.449. The number of rotatable bonds is 11. The molecule has 0 bridgehead atoms. The van der Waals surface area contributed by atoms with E-state index in [0.29, 0.717) is 11.6 Å². The Balaban J connectivity index is 0.000000330. The van der Waals surface area contributed by atoms with Crippen LogP contribution in [0.3, 0.4) is 0 Å². The van der Waals surface area contributed by atoms with Gasteiger partial charge in [-0.2, -0.15) is 0 Å². The maximum atomic E-state index is 12.2. The van der Waals surface area contributed by atoms with Crippen LogP contribution in [0.4, 0.5) is 0 Å². The summed E-state index contributed by atoms with van der Waals surface area (Å²) in [4.78, 5) is 23.0. The number of carbonyl (C=O) groups is 1. The van der Waals surface area contributed by atoms with Gasteiger partial charge in [0.15, 0.2) is 5.78 Å². The Kier molecular flexibility index (Phi) is 14.4. The van der Waals surface area contributed by atoms with Crippen LogP contribution in [0, 0.1) is 36.7 Å². The standard InChI is InChI=1S/C34H33N2OS.C15H28O2.Ir/c1-19(2)12-30-21(4)25-9-8-22(15-31(25)38-30)26-16-29(36-33-32(26)20(3)18-37-33)24-13-23-10-11-35-17-27(23)28(14-24)34(5,6)7;1-7-14(5,8-2)12(16)11-13(17)15(6,9-3)10-4;/h8-11,14-19H,12H2,1-7H3;11,16H,7-10H2,1-6H3;/q-1;;/b;12-11-;. The Morgan fingerprint density at radius 1 is 0.929 bits per heavy atom. The first-order valence-corrected chi connectivity index (χ1v) is 20.9. The zero-order valence-electron chi connectivity index (χ0n) is 35.8. The maximum Gasteiger partial charge on any atom is 0.219 e. The summed E-state index contributed by atoms with van der Waals surface area (Å²) in [5.74, 6) is 0.929. The van der Waals surface area contributed by atoms with Crippen molar-refractivity contribution in [1.29, 1.82) is 0 Å². The number of carbonyl (C=O) groups excluding carboxylic acids is 1. The van der Waals surface area contributed by atoms with Crippen molar-refractivity contribution in [2.45, 2.75) is 128 Å². The molecule has 0 aliphatic rings. The molecule has 0 spiro atoms. The number of hydrogen-bond donors (Lipinski definition) is 1. The summed E-state index contributed by atoms with van der Waals surface area (Å²) in [5.41, 5.74) is 7.95. The van der Waals surface area contributed by atoms with Crippen LogP contribution in [0.25, 0.3) is 54.3 Å². The van der Waals surface area contributed by atoms with Gasteiger partial charge >= 0.3 is 0 Å². The monoisotopic (exact) mass is 950 g/mol. The fourth-order valence-corrected chi connectivity index (χ4v) is 8.59. The molecule has 0 amide bonds. The Hall–Kier alpha value is -3.64. The van der Waals surface area contributed by atoms with Gasteiger partial charge in [0.1, 0.15) is 5.76 Å². The van der Waals surface area contributed by atoms with E-state index in [9.17, 15) is 9.90 Å². The van der Waals surface area contributed by atoms with Crippen molar-refractivity contribution in [3.8, 4) is 22.4 Å². The molecule has 2 aromatic carbocycles. The number of aromatic nitrogens is 2. The summed E-state index contributed by atoms with van der Waals surface area (Å²) in [6.45, 7) is 27.7. The van der Waals surface area contributed by atoms with Crippen LogP contribution in [-0.2, 0) is 36.7 Å². The molecule has 1 radical (unpaired) electrons. The summed E-state index contributed by atoms with van der Waals surface area (Å²) >= 11 is 1.93. The molecule has 5 nitrogen and oxygen atoms in total. The minimum absolute atomic E-state index is 0. The van der Waals surface area contributed by atoms with Crippen LogP contribution in [0.2, 0.25) is 0 Å². The number of fused-ring (bicyclic) bond motifs is 3. The van der Waals surface area contributed by atoms with E-state index in [1.807, 2.05) is 77.6 Å². The first kappa shape index (κ1) is 45.1. The second-order valence-electron chi connectivity index (χ2n) is 17.3. The molecule has 4 aromatic heterocycles. The van der Waals surface area contributed by atoms with E-state index in [0.717, 1.165) is 70.6 Å². The number of aryl methyl sites for hydroxylation is 2. The molecular weight excluding hydrogens is 889 g/mol. The minimum atomic E-state index is -0.337. The molecule has 0 aliphatic heterocycles. The summed E-state index contributed by atoms with van der Waals surface area (Å²) in [5, 5.41) is 14.7. The minimum Gasteiger partial charge on any atom is -0.512 e. The van der Waals surface area contributed by atoms with E-state index in [1.165, 1.54) is 37.7 Å². The van der Waals surface area contributed by atoms with E-state index in [-0.39, 0.29) is 47.9 Å². The number of aliphatic hydroxyl groups is 1. The first-order chi connectivity index (χ1) is 25.9. The van der Waals surface area contributed by atoms with Crippen molar-refractivity contribution in [2.24, 2.45) is 16.7 Å². The molecule has 4 heterocycles. The number of hydrogen-bond acceptors (Lipinski definition) is 6. The zero-order valence-corrected chi connectivity index (χ0v) is 39.0. The summed E-state index contributed by atoms with van der Waals surface area (Å²) in [7, 11) is 0. The third kappa shape index (κ3) is 9.22. The Morgan fingerprint density at radius 3 is 2.20 bits per heavy atom. The molecule has 0 fully saturated rings. The molecule has 7 heteroatoms. The van der Waals surface area contributed by atoms with Crippen LogP contribution >= 0.6 is 11.3 Å². The maximum absolute atomic E-state index is 12.2.